The van der Waals surface area contributed by atoms with Crippen molar-refractivity contribution in [3.63, 3.8) is 0 Å². The summed E-state index contributed by atoms with van der Waals surface area (Å²) in [5.41, 5.74) is 1.84. The third-order valence-electron chi connectivity index (χ3n) is 4.37. The van der Waals surface area contributed by atoms with E-state index >= 15 is 0 Å². The lowest BCUT2D eigenvalue weighted by Crippen LogP contribution is -2.36. The van der Waals surface area contributed by atoms with E-state index in [0.717, 1.165) is 17.5 Å². The van der Waals surface area contributed by atoms with Crippen molar-refractivity contribution in [1.82, 2.24) is 14.7 Å². The van der Waals surface area contributed by atoms with E-state index in [1.807, 2.05) is 67.6 Å². The molecule has 0 bridgehead atoms. The van der Waals surface area contributed by atoms with E-state index in [1.54, 1.807) is 4.68 Å². The predicted octanol–water partition coefficient (Wildman–Crippen LogP) is 3.23. The summed E-state index contributed by atoms with van der Waals surface area (Å²) in [5.74, 6) is -1.16. The lowest BCUT2D eigenvalue weighted by molar-refractivity contribution is -0.129. The Morgan fingerprint density at radius 1 is 1.00 bits per heavy atom. The van der Waals surface area contributed by atoms with Gasteiger partial charge in [-0.1, -0.05) is 67.6 Å². The number of hydrogen-bond acceptors (Lipinski definition) is 5. The average molecular weight is 428 g/mol. The summed E-state index contributed by atoms with van der Waals surface area (Å²) in [4.78, 5) is 14.4. The van der Waals surface area contributed by atoms with Gasteiger partial charge in [-0.2, -0.15) is 13.5 Å². The quantitative estimate of drug-likeness (QED) is 0.464. The molecule has 0 atom stereocenters. The average Bonchev–Trinajstić information content (AvgIpc) is 3.15. The number of aromatic nitrogens is 2. The molecule has 0 radical (unpaired) electrons. The Labute approximate surface area is 177 Å². The summed E-state index contributed by atoms with van der Waals surface area (Å²) < 4.78 is 31.7. The summed E-state index contributed by atoms with van der Waals surface area (Å²) in [6.07, 6.45) is 3.71. The zero-order chi connectivity index (χ0) is 21.4. The Hall–Kier alpha value is -3.13. The second kappa shape index (κ2) is 10.1. The molecule has 3 aromatic rings. The molecule has 7 nitrogen and oxygen atoms in total. The van der Waals surface area contributed by atoms with Crippen molar-refractivity contribution in [2.75, 3.05) is 5.75 Å². The van der Waals surface area contributed by atoms with Gasteiger partial charge in [-0.3, -0.25) is 9.48 Å². The van der Waals surface area contributed by atoms with Crippen LogP contribution in [0.5, 0.6) is 5.75 Å². The number of aryl methyl sites for hydroxylation is 1. The van der Waals surface area contributed by atoms with E-state index in [1.165, 1.54) is 17.3 Å². The molecule has 2 aromatic carbocycles. The largest absolute Gasteiger partial charge is 0.379 e. The second-order valence-electron chi connectivity index (χ2n) is 6.95. The van der Waals surface area contributed by atoms with Crippen molar-refractivity contribution in [3.05, 3.63) is 84.2 Å². The first-order valence-corrected chi connectivity index (χ1v) is 11.3. The fraction of sp³-hybridized carbons (Fsp3) is 0.273. The molecule has 1 aromatic heterocycles. The zero-order valence-corrected chi connectivity index (χ0v) is 17.7. The fourth-order valence-electron chi connectivity index (χ4n) is 3.00. The van der Waals surface area contributed by atoms with Crippen LogP contribution in [0.2, 0.25) is 0 Å². The lowest BCUT2D eigenvalue weighted by atomic mass is 10.1. The highest BCUT2D eigenvalue weighted by atomic mass is 32.2. The molecule has 0 aliphatic heterocycles. The molecule has 0 fully saturated rings. The maximum absolute atomic E-state index is 12.9. The van der Waals surface area contributed by atoms with Gasteiger partial charge in [0.1, 0.15) is 0 Å². The molecule has 1 heterocycles. The summed E-state index contributed by atoms with van der Waals surface area (Å²) in [6, 6.07) is 18.9. The van der Waals surface area contributed by atoms with Crippen LogP contribution in [-0.4, -0.2) is 34.8 Å². The molecule has 1 amide bonds. The van der Waals surface area contributed by atoms with E-state index in [2.05, 4.69) is 5.10 Å². The Kier molecular flexibility index (Phi) is 7.24. The minimum absolute atomic E-state index is 0.105. The molecule has 0 saturated carbocycles. The van der Waals surface area contributed by atoms with Crippen LogP contribution in [0.1, 0.15) is 24.5 Å². The van der Waals surface area contributed by atoms with Gasteiger partial charge in [-0.05, 0) is 17.5 Å². The van der Waals surface area contributed by atoms with Gasteiger partial charge in [-0.15, -0.1) is 0 Å². The molecule has 0 unspecified atom stereocenters. The van der Waals surface area contributed by atoms with Crippen LogP contribution in [0, 0.1) is 0 Å². The van der Waals surface area contributed by atoms with Crippen molar-refractivity contribution < 1.29 is 17.4 Å². The Morgan fingerprint density at radius 3 is 2.10 bits per heavy atom. The number of carbonyl (C=O) groups is 1. The van der Waals surface area contributed by atoms with Crippen molar-refractivity contribution in [3.8, 4) is 5.75 Å². The van der Waals surface area contributed by atoms with Crippen LogP contribution in [0.15, 0.2) is 73.1 Å². The van der Waals surface area contributed by atoms with Crippen LogP contribution >= 0.6 is 0 Å². The van der Waals surface area contributed by atoms with Gasteiger partial charge in [0.05, 0.1) is 12.4 Å². The summed E-state index contributed by atoms with van der Waals surface area (Å²) >= 11 is 0. The Morgan fingerprint density at radius 2 is 1.57 bits per heavy atom. The number of hydrogen-bond donors (Lipinski definition) is 0. The molecule has 0 saturated heterocycles. The van der Waals surface area contributed by atoms with Crippen LogP contribution < -0.4 is 4.18 Å². The Bertz CT molecular complexity index is 1010. The molecular weight excluding hydrogens is 402 g/mol. The maximum Gasteiger partial charge on any atom is 0.318 e. The zero-order valence-electron chi connectivity index (χ0n) is 16.8. The number of amides is 1. The van der Waals surface area contributed by atoms with Gasteiger partial charge in [0.15, 0.2) is 11.5 Å². The highest BCUT2D eigenvalue weighted by molar-refractivity contribution is 7.87. The SMILES string of the molecule is CCCn1cc(OS(=O)(=O)CC(=O)N(Cc2ccccc2)Cc2ccccc2)cn1. The van der Waals surface area contributed by atoms with Gasteiger partial charge in [0, 0.05) is 19.6 Å². The standard InChI is InChI=1S/C22H25N3O4S/c1-2-13-25-17-21(14-23-25)29-30(27,28)18-22(26)24(15-19-9-5-3-6-10-19)16-20-11-7-4-8-12-20/h3-12,14,17H,2,13,15-16,18H2,1H3. The van der Waals surface area contributed by atoms with E-state index in [0.29, 0.717) is 19.6 Å². The van der Waals surface area contributed by atoms with Crippen molar-refractivity contribution in [1.29, 1.82) is 0 Å². The first-order chi connectivity index (χ1) is 14.4. The van der Waals surface area contributed by atoms with E-state index < -0.39 is 21.8 Å². The molecule has 3 rings (SSSR count). The van der Waals surface area contributed by atoms with Crippen molar-refractivity contribution >= 4 is 16.0 Å². The third-order valence-corrected chi connectivity index (χ3v) is 5.42. The summed E-state index contributed by atoms with van der Waals surface area (Å²) in [5, 5.41) is 4.05. The molecule has 158 valence electrons. The predicted molar refractivity (Wildman–Crippen MR) is 114 cm³/mol. The molecule has 30 heavy (non-hydrogen) atoms. The van der Waals surface area contributed by atoms with Gasteiger partial charge in [0.2, 0.25) is 5.91 Å². The topological polar surface area (TPSA) is 81.5 Å². The molecule has 0 spiro atoms. The van der Waals surface area contributed by atoms with Crippen LogP contribution in [0.4, 0.5) is 0 Å². The maximum atomic E-state index is 12.9. The van der Waals surface area contributed by atoms with Gasteiger partial charge in [-0.25, -0.2) is 0 Å². The van der Waals surface area contributed by atoms with Crippen molar-refractivity contribution in [2.45, 2.75) is 33.0 Å². The second-order valence-corrected chi connectivity index (χ2v) is 8.52. The van der Waals surface area contributed by atoms with Gasteiger partial charge < -0.3 is 9.08 Å². The highest BCUT2D eigenvalue weighted by Crippen LogP contribution is 2.15. The monoisotopic (exact) mass is 427 g/mol. The first-order valence-electron chi connectivity index (χ1n) is 9.75. The van der Waals surface area contributed by atoms with E-state index in [9.17, 15) is 13.2 Å². The summed E-state index contributed by atoms with van der Waals surface area (Å²) in [7, 11) is -4.11. The minimum Gasteiger partial charge on any atom is -0.379 e. The molecule has 0 aliphatic rings. The minimum atomic E-state index is -4.11. The highest BCUT2D eigenvalue weighted by Gasteiger charge is 2.24. The normalized spacial score (nSPS) is 11.2. The number of benzene rings is 2. The summed E-state index contributed by atoms with van der Waals surface area (Å²) in [6.45, 7) is 3.26. The molecule has 0 aliphatic carbocycles. The van der Waals surface area contributed by atoms with Crippen LogP contribution in [-0.2, 0) is 34.5 Å². The fourth-order valence-corrected chi connectivity index (χ4v) is 3.92. The first kappa shape index (κ1) is 21.6. The van der Waals surface area contributed by atoms with Crippen LogP contribution in [0.25, 0.3) is 0 Å². The van der Waals surface area contributed by atoms with Crippen LogP contribution in [0.3, 0.4) is 0 Å². The van der Waals surface area contributed by atoms with Crippen molar-refractivity contribution in [2.24, 2.45) is 0 Å². The molecular formula is C22H25N3O4S. The number of rotatable bonds is 10. The van der Waals surface area contributed by atoms with Gasteiger partial charge >= 0.3 is 10.1 Å². The lowest BCUT2D eigenvalue weighted by Gasteiger charge is -2.23. The third kappa shape index (κ3) is 6.45. The smallest absolute Gasteiger partial charge is 0.318 e. The molecule has 8 heteroatoms. The number of nitrogens with zero attached hydrogens (tertiary/aromatic N) is 3. The Balaban J connectivity index is 1.72. The van der Waals surface area contributed by atoms with E-state index in [-0.39, 0.29) is 5.75 Å². The van der Waals surface area contributed by atoms with Gasteiger partial charge in [0.25, 0.3) is 0 Å². The number of carbonyl (C=O) groups excluding carboxylic acids is 1. The van der Waals surface area contributed by atoms with E-state index in [4.69, 9.17) is 4.18 Å². The molecule has 0 N–H and O–H groups in total.